The van der Waals surface area contributed by atoms with Crippen LogP contribution >= 0.6 is 0 Å². The van der Waals surface area contributed by atoms with Crippen LogP contribution in [-0.4, -0.2) is 86.4 Å². The first-order valence-electron chi connectivity index (χ1n) is 12.9. The van der Waals surface area contributed by atoms with E-state index in [2.05, 4.69) is 15.6 Å². The van der Waals surface area contributed by atoms with Gasteiger partial charge in [-0.3, -0.25) is 24.0 Å². The Morgan fingerprint density at radius 2 is 1.68 bits per heavy atom. The minimum atomic E-state index is -1.36. The van der Waals surface area contributed by atoms with E-state index in [1.807, 2.05) is 24.3 Å². The van der Waals surface area contributed by atoms with E-state index in [0.29, 0.717) is 6.42 Å². The zero-order valence-corrected chi connectivity index (χ0v) is 21.8. The van der Waals surface area contributed by atoms with Gasteiger partial charge in [0.15, 0.2) is 0 Å². The third-order valence-corrected chi connectivity index (χ3v) is 6.85. The number of carbonyl (C=O) groups excluding carboxylic acids is 4. The molecule has 1 aliphatic heterocycles. The zero-order valence-electron chi connectivity index (χ0n) is 21.8. The van der Waals surface area contributed by atoms with Gasteiger partial charge in [-0.15, -0.1) is 0 Å². The van der Waals surface area contributed by atoms with Crippen molar-refractivity contribution in [3.05, 3.63) is 36.0 Å². The van der Waals surface area contributed by atoms with Crippen LogP contribution in [0.5, 0.6) is 0 Å². The predicted molar refractivity (Wildman–Crippen MR) is 142 cm³/mol. The Bertz CT molecular complexity index is 1280. The summed E-state index contributed by atoms with van der Waals surface area (Å²) in [7, 11) is 0. The summed E-state index contributed by atoms with van der Waals surface area (Å²) in [5.41, 5.74) is 13.0. The second-order valence-electron chi connectivity index (χ2n) is 9.76. The summed E-state index contributed by atoms with van der Waals surface area (Å²) in [5, 5.41) is 24.4. The average Bonchev–Trinajstić information content (AvgIpc) is 3.56. The molecule has 14 nitrogen and oxygen atoms in total. The number of para-hydroxylation sites is 1. The van der Waals surface area contributed by atoms with E-state index in [9.17, 15) is 33.9 Å². The van der Waals surface area contributed by atoms with Crippen LogP contribution in [0.2, 0.25) is 0 Å². The molecule has 4 unspecified atom stereocenters. The first-order chi connectivity index (χ1) is 19.0. The topological polar surface area (TPSA) is 238 Å². The van der Waals surface area contributed by atoms with Gasteiger partial charge in [0.05, 0.1) is 6.04 Å². The van der Waals surface area contributed by atoms with Crippen molar-refractivity contribution in [2.24, 2.45) is 11.5 Å². The van der Waals surface area contributed by atoms with Gasteiger partial charge >= 0.3 is 11.9 Å². The maximum absolute atomic E-state index is 13.2. The number of primary amides is 1. The molecule has 1 aromatic carbocycles. The highest BCUT2D eigenvalue weighted by atomic mass is 16.4. The number of likely N-dealkylation sites (tertiary alicyclic amines) is 1. The van der Waals surface area contributed by atoms with Crippen LogP contribution in [0.1, 0.15) is 44.1 Å². The molecule has 1 aliphatic rings. The molecule has 0 bridgehead atoms. The monoisotopic (exact) mass is 558 g/mol. The van der Waals surface area contributed by atoms with E-state index in [-0.39, 0.29) is 38.6 Å². The lowest BCUT2D eigenvalue weighted by atomic mass is 10.0. The van der Waals surface area contributed by atoms with Crippen molar-refractivity contribution in [1.29, 1.82) is 0 Å². The molecule has 0 radical (unpaired) electrons. The number of carbonyl (C=O) groups is 6. The maximum atomic E-state index is 13.2. The minimum Gasteiger partial charge on any atom is -0.481 e. The van der Waals surface area contributed by atoms with Crippen LogP contribution in [0, 0.1) is 0 Å². The molecule has 2 aromatic rings. The van der Waals surface area contributed by atoms with Crippen LogP contribution in [0.15, 0.2) is 30.5 Å². The van der Waals surface area contributed by atoms with Gasteiger partial charge in [0.25, 0.3) is 0 Å². The Morgan fingerprint density at radius 3 is 2.35 bits per heavy atom. The largest absolute Gasteiger partial charge is 0.481 e. The number of aromatic amines is 1. The third kappa shape index (κ3) is 7.79. The highest BCUT2D eigenvalue weighted by Gasteiger charge is 2.38. The highest BCUT2D eigenvalue weighted by Crippen LogP contribution is 2.20. The molecule has 3 rings (SSSR count). The normalized spacial score (nSPS) is 17.1. The molecule has 2 heterocycles. The number of nitrogens with one attached hydrogen (secondary N) is 3. The van der Waals surface area contributed by atoms with Crippen molar-refractivity contribution >= 4 is 46.5 Å². The molecule has 0 aliphatic carbocycles. The SMILES string of the molecule is NC(=O)CCC(NC(=O)C(N)Cc1c[nH]c2ccccc12)C(=O)NC(CCC(=O)O)C(=O)N1CCCC1C(=O)O. The van der Waals surface area contributed by atoms with Gasteiger partial charge in [-0.2, -0.15) is 0 Å². The van der Waals surface area contributed by atoms with E-state index in [1.54, 1.807) is 6.20 Å². The number of rotatable bonds is 14. The van der Waals surface area contributed by atoms with Crippen molar-refractivity contribution in [1.82, 2.24) is 20.5 Å². The lowest BCUT2D eigenvalue weighted by Crippen LogP contribution is -2.57. The van der Waals surface area contributed by atoms with Crippen molar-refractivity contribution in [2.45, 2.75) is 69.1 Å². The van der Waals surface area contributed by atoms with E-state index in [0.717, 1.165) is 21.4 Å². The van der Waals surface area contributed by atoms with Crippen molar-refractivity contribution < 1.29 is 39.0 Å². The lowest BCUT2D eigenvalue weighted by molar-refractivity contribution is -0.150. The number of carboxylic acids is 2. The van der Waals surface area contributed by atoms with E-state index in [4.69, 9.17) is 16.6 Å². The first-order valence-corrected chi connectivity index (χ1v) is 12.9. The molecule has 0 saturated carbocycles. The van der Waals surface area contributed by atoms with E-state index in [1.165, 1.54) is 0 Å². The summed E-state index contributed by atoms with van der Waals surface area (Å²) >= 11 is 0. The third-order valence-electron chi connectivity index (χ3n) is 6.85. The number of hydrogen-bond donors (Lipinski definition) is 7. The molecular formula is C26H34N6O8. The number of carboxylic acid groups (broad SMARTS) is 2. The number of hydrogen-bond acceptors (Lipinski definition) is 7. The van der Waals surface area contributed by atoms with Crippen LogP contribution < -0.4 is 22.1 Å². The molecular weight excluding hydrogens is 524 g/mol. The summed E-state index contributed by atoms with van der Waals surface area (Å²) in [4.78, 5) is 77.8. The molecule has 1 saturated heterocycles. The molecule has 1 aromatic heterocycles. The number of nitrogens with zero attached hydrogens (tertiary/aromatic N) is 1. The van der Waals surface area contributed by atoms with Gasteiger partial charge < -0.3 is 42.2 Å². The second kappa shape index (κ2) is 13.6. The fraction of sp³-hybridized carbons (Fsp3) is 0.462. The molecule has 216 valence electrons. The molecule has 4 amide bonds. The Morgan fingerprint density at radius 1 is 1.00 bits per heavy atom. The summed E-state index contributed by atoms with van der Waals surface area (Å²) in [5.74, 6) is -5.43. The van der Waals surface area contributed by atoms with E-state index >= 15 is 0 Å². The first kappa shape index (κ1) is 30.1. The van der Waals surface area contributed by atoms with Crippen LogP contribution in [-0.2, 0) is 35.2 Å². The van der Waals surface area contributed by atoms with Gasteiger partial charge in [0.1, 0.15) is 18.1 Å². The molecule has 14 heteroatoms. The highest BCUT2D eigenvalue weighted by molar-refractivity contribution is 5.95. The number of amides is 4. The summed E-state index contributed by atoms with van der Waals surface area (Å²) in [6.07, 6.45) is 1.29. The number of aromatic nitrogens is 1. The van der Waals surface area contributed by atoms with Gasteiger partial charge in [-0.1, -0.05) is 18.2 Å². The average molecular weight is 559 g/mol. The molecule has 0 spiro atoms. The molecule has 9 N–H and O–H groups in total. The standard InChI is InChI=1S/C26H34N6O8/c27-16(12-14-13-29-17-5-2-1-4-15(14)17)23(36)30-18(7-9-21(28)33)24(37)31-19(8-10-22(34)35)25(38)32-11-3-6-20(32)26(39)40/h1-2,4-5,13,16,18-20,29H,3,6-12,27H2,(H2,28,33)(H,30,36)(H,31,37)(H,34,35)(H,39,40). The van der Waals surface area contributed by atoms with Gasteiger partial charge in [-0.25, -0.2) is 4.79 Å². The van der Waals surface area contributed by atoms with Gasteiger partial charge in [-0.05, 0) is 43.7 Å². The lowest BCUT2D eigenvalue weighted by Gasteiger charge is -2.28. The van der Waals surface area contributed by atoms with Gasteiger partial charge in [0.2, 0.25) is 23.6 Å². The van der Waals surface area contributed by atoms with Crippen LogP contribution in [0.25, 0.3) is 10.9 Å². The number of aliphatic carboxylic acids is 2. The Kier molecular flexibility index (Phi) is 10.2. The molecule has 4 atom stereocenters. The van der Waals surface area contributed by atoms with Crippen molar-refractivity contribution in [3.8, 4) is 0 Å². The summed E-state index contributed by atoms with van der Waals surface area (Å²) in [6.45, 7) is 0.139. The van der Waals surface area contributed by atoms with Crippen molar-refractivity contribution in [2.75, 3.05) is 6.54 Å². The number of fused-ring (bicyclic) bond motifs is 1. The Labute approximate surface area is 229 Å². The Hall–Kier alpha value is -4.46. The minimum absolute atomic E-state index is 0.139. The summed E-state index contributed by atoms with van der Waals surface area (Å²) < 4.78 is 0. The number of H-pyrrole nitrogens is 1. The summed E-state index contributed by atoms with van der Waals surface area (Å²) in [6, 6.07) is 2.61. The second-order valence-corrected chi connectivity index (χ2v) is 9.76. The maximum Gasteiger partial charge on any atom is 0.326 e. The number of nitrogens with two attached hydrogens (primary N) is 2. The quantitative estimate of drug-likeness (QED) is 0.154. The van der Waals surface area contributed by atoms with Crippen molar-refractivity contribution in [3.63, 3.8) is 0 Å². The fourth-order valence-corrected chi connectivity index (χ4v) is 4.75. The predicted octanol–water partition coefficient (Wildman–Crippen LogP) is -0.787. The Balaban J connectivity index is 1.73. The molecule has 40 heavy (non-hydrogen) atoms. The van der Waals surface area contributed by atoms with E-state index < -0.39 is 66.2 Å². The van der Waals surface area contributed by atoms with Crippen LogP contribution in [0.4, 0.5) is 0 Å². The number of benzene rings is 1. The fourth-order valence-electron chi connectivity index (χ4n) is 4.75. The van der Waals surface area contributed by atoms with Gasteiger partial charge in [0, 0.05) is 36.5 Å². The van der Waals surface area contributed by atoms with Crippen LogP contribution in [0.3, 0.4) is 0 Å². The smallest absolute Gasteiger partial charge is 0.326 e. The molecule has 1 fully saturated rings. The zero-order chi connectivity index (χ0) is 29.4.